The first-order valence-electron chi connectivity index (χ1n) is 13.0. The third-order valence-electron chi connectivity index (χ3n) is 8.56. The zero-order valence-corrected chi connectivity index (χ0v) is 20.7. The highest BCUT2D eigenvalue weighted by molar-refractivity contribution is 6.05. The van der Waals surface area contributed by atoms with E-state index in [4.69, 9.17) is 4.74 Å². The number of hydrogen-bond donors (Lipinski definition) is 2. The molecule has 0 radical (unpaired) electrons. The van der Waals surface area contributed by atoms with E-state index >= 15 is 0 Å². The summed E-state index contributed by atoms with van der Waals surface area (Å²) >= 11 is 0. The second kappa shape index (κ2) is 9.57. The molecule has 2 aromatic rings. The van der Waals surface area contributed by atoms with Crippen molar-refractivity contribution in [3.8, 4) is 17.6 Å². The lowest BCUT2D eigenvalue weighted by Gasteiger charge is -2.56. The maximum Gasteiger partial charge on any atom is 0.326 e. The van der Waals surface area contributed by atoms with Crippen LogP contribution < -0.4 is 10.1 Å². The molecule has 2 aromatic carbocycles. The molecule has 3 bridgehead atoms. The zero-order chi connectivity index (χ0) is 24.6. The number of carboxylic acid groups (broad SMARTS) is 1. The molecule has 0 heterocycles. The van der Waals surface area contributed by atoms with Gasteiger partial charge in [-0.15, -0.1) is 0 Å². The topological polar surface area (TPSA) is 75.6 Å². The van der Waals surface area contributed by atoms with Crippen LogP contribution in [-0.4, -0.2) is 29.6 Å². The molecule has 35 heavy (non-hydrogen) atoms. The molecule has 3 fully saturated rings. The Morgan fingerprint density at radius 3 is 2.74 bits per heavy atom. The minimum atomic E-state index is -0.928. The molecule has 0 saturated heterocycles. The van der Waals surface area contributed by atoms with E-state index in [0.29, 0.717) is 23.1 Å². The first-order chi connectivity index (χ1) is 16.9. The molecule has 0 aliphatic heterocycles. The van der Waals surface area contributed by atoms with Crippen molar-refractivity contribution in [3.63, 3.8) is 0 Å². The van der Waals surface area contributed by atoms with Gasteiger partial charge in [0.05, 0.1) is 5.56 Å². The van der Waals surface area contributed by atoms with Gasteiger partial charge in [-0.05, 0) is 67.7 Å². The van der Waals surface area contributed by atoms with E-state index in [-0.39, 0.29) is 23.8 Å². The Morgan fingerprint density at radius 1 is 1.11 bits per heavy atom. The highest BCUT2D eigenvalue weighted by atomic mass is 16.5. The molecule has 0 aromatic heterocycles. The molecular formula is C30H35NO4. The van der Waals surface area contributed by atoms with Gasteiger partial charge in [-0.3, -0.25) is 4.79 Å². The standard InChI is InChI=1S/C30H35NO4/c1-19(2)6-5-15-35-26-24-8-4-3-7-22(24)11-12-25(26)28(32)31-27(29(33)34)30-14-13-21-10-9-20(17-30)16-23(21)18-30/h3-4,7-8,11-12,19-21,23,27H,9-10,13-18H2,1-2H3,(H,31,32)(H,33,34)/t20?,21?,23?,27-,30?/m1/s1. The molecular weight excluding hydrogens is 438 g/mol. The van der Waals surface area contributed by atoms with Crippen molar-refractivity contribution >= 4 is 22.6 Å². The molecule has 3 aliphatic carbocycles. The number of amides is 1. The minimum absolute atomic E-state index is 0.170. The second-order valence-corrected chi connectivity index (χ2v) is 11.2. The predicted molar refractivity (Wildman–Crippen MR) is 136 cm³/mol. The minimum Gasteiger partial charge on any atom is -0.480 e. The number of benzene rings is 2. The summed E-state index contributed by atoms with van der Waals surface area (Å²) in [5.41, 5.74) is 0.00876. The van der Waals surface area contributed by atoms with Crippen molar-refractivity contribution in [2.24, 2.45) is 29.1 Å². The van der Waals surface area contributed by atoms with Crippen LogP contribution in [0, 0.1) is 40.9 Å². The predicted octanol–water partition coefficient (Wildman–Crippen LogP) is 5.67. The van der Waals surface area contributed by atoms with Crippen LogP contribution in [0.5, 0.6) is 5.75 Å². The number of fused-ring (bicyclic) bond motifs is 3. The second-order valence-electron chi connectivity index (χ2n) is 11.2. The largest absolute Gasteiger partial charge is 0.480 e. The number of nitrogens with one attached hydrogen (secondary N) is 1. The van der Waals surface area contributed by atoms with Crippen molar-refractivity contribution in [2.45, 2.75) is 64.8 Å². The van der Waals surface area contributed by atoms with Crippen molar-refractivity contribution < 1.29 is 19.4 Å². The maximum atomic E-state index is 13.6. The molecule has 5 heteroatoms. The quantitative estimate of drug-likeness (QED) is 0.530. The number of hydrogen-bond acceptors (Lipinski definition) is 3. The number of carboxylic acids is 1. The van der Waals surface area contributed by atoms with Gasteiger partial charge in [-0.2, -0.15) is 0 Å². The van der Waals surface area contributed by atoms with Crippen molar-refractivity contribution in [3.05, 3.63) is 42.0 Å². The van der Waals surface area contributed by atoms with Crippen LogP contribution in [0.2, 0.25) is 0 Å². The molecule has 184 valence electrons. The normalized spacial score (nSPS) is 27.7. The monoisotopic (exact) mass is 473 g/mol. The fraction of sp³-hybridized carbons (Fsp3) is 0.533. The van der Waals surface area contributed by atoms with E-state index in [0.717, 1.165) is 42.4 Å². The van der Waals surface area contributed by atoms with Crippen LogP contribution >= 0.6 is 0 Å². The molecule has 5 rings (SSSR count). The van der Waals surface area contributed by atoms with E-state index in [2.05, 4.69) is 17.2 Å². The van der Waals surface area contributed by atoms with Gasteiger partial charge >= 0.3 is 5.97 Å². The molecule has 0 spiro atoms. The SMILES string of the molecule is CC(C)C#CCOc1c(C(=O)N[C@H](C(=O)O)C23CCC4CCC(CC4C2)C3)ccc2ccccc12. The van der Waals surface area contributed by atoms with Gasteiger partial charge in [0.25, 0.3) is 5.91 Å². The van der Waals surface area contributed by atoms with Crippen LogP contribution in [0.3, 0.4) is 0 Å². The Hall–Kier alpha value is -3.00. The van der Waals surface area contributed by atoms with Gasteiger partial charge in [0.2, 0.25) is 0 Å². The summed E-state index contributed by atoms with van der Waals surface area (Å²) in [4.78, 5) is 26.2. The Balaban J connectivity index is 1.44. The first-order valence-corrected chi connectivity index (χ1v) is 13.0. The van der Waals surface area contributed by atoms with E-state index in [1.165, 1.54) is 19.3 Å². The average molecular weight is 474 g/mol. The Bertz CT molecular complexity index is 1190. The van der Waals surface area contributed by atoms with Gasteiger partial charge in [0.15, 0.2) is 0 Å². The summed E-state index contributed by atoms with van der Waals surface area (Å²) in [5.74, 6) is 7.41. The van der Waals surface area contributed by atoms with Gasteiger partial charge in [-0.1, -0.05) is 62.4 Å². The van der Waals surface area contributed by atoms with E-state index in [1.807, 2.05) is 44.2 Å². The Morgan fingerprint density at radius 2 is 1.94 bits per heavy atom. The van der Waals surface area contributed by atoms with Crippen LogP contribution in [0.4, 0.5) is 0 Å². The van der Waals surface area contributed by atoms with Crippen LogP contribution in [0.1, 0.15) is 69.2 Å². The third kappa shape index (κ3) is 4.63. The average Bonchev–Trinajstić information content (AvgIpc) is 2.83. The highest BCUT2D eigenvalue weighted by Gasteiger charge is 2.54. The van der Waals surface area contributed by atoms with Gasteiger partial charge < -0.3 is 15.2 Å². The summed E-state index contributed by atoms with van der Waals surface area (Å²) in [6.45, 7) is 4.20. The summed E-state index contributed by atoms with van der Waals surface area (Å²) in [6, 6.07) is 10.5. The summed E-state index contributed by atoms with van der Waals surface area (Å²) in [6.07, 6.45) is 7.49. The molecule has 1 amide bonds. The molecule has 3 saturated carbocycles. The first kappa shape index (κ1) is 23.7. The van der Waals surface area contributed by atoms with Crippen LogP contribution in [0.25, 0.3) is 10.8 Å². The van der Waals surface area contributed by atoms with E-state index < -0.39 is 12.0 Å². The lowest BCUT2D eigenvalue weighted by Crippen LogP contribution is -2.58. The highest BCUT2D eigenvalue weighted by Crippen LogP contribution is 2.59. The van der Waals surface area contributed by atoms with Gasteiger partial charge in [-0.25, -0.2) is 4.79 Å². The summed E-state index contributed by atoms with van der Waals surface area (Å²) in [5, 5.41) is 15.1. The fourth-order valence-electron chi connectivity index (χ4n) is 7.09. The molecule has 5 atom stereocenters. The lowest BCUT2D eigenvalue weighted by atomic mass is 9.49. The molecule has 5 nitrogen and oxygen atoms in total. The van der Waals surface area contributed by atoms with Crippen molar-refractivity contribution in [1.29, 1.82) is 0 Å². The summed E-state index contributed by atoms with van der Waals surface area (Å²) < 4.78 is 6.05. The molecule has 3 aliphatic rings. The Kier molecular flexibility index (Phi) is 6.49. The van der Waals surface area contributed by atoms with Gasteiger partial charge in [0.1, 0.15) is 18.4 Å². The van der Waals surface area contributed by atoms with Crippen LogP contribution in [-0.2, 0) is 4.79 Å². The number of carbonyl (C=O) groups is 2. The lowest BCUT2D eigenvalue weighted by molar-refractivity contribution is -0.148. The number of ether oxygens (including phenoxy) is 1. The van der Waals surface area contributed by atoms with Crippen LogP contribution in [0.15, 0.2) is 36.4 Å². The Labute approximate surface area is 207 Å². The summed E-state index contributed by atoms with van der Waals surface area (Å²) in [7, 11) is 0. The number of carbonyl (C=O) groups excluding carboxylic acids is 1. The van der Waals surface area contributed by atoms with E-state index in [1.54, 1.807) is 6.07 Å². The fourth-order valence-corrected chi connectivity index (χ4v) is 7.09. The van der Waals surface area contributed by atoms with E-state index in [9.17, 15) is 14.7 Å². The molecule has 2 N–H and O–H groups in total. The third-order valence-corrected chi connectivity index (χ3v) is 8.56. The smallest absolute Gasteiger partial charge is 0.326 e. The zero-order valence-electron chi connectivity index (χ0n) is 20.7. The van der Waals surface area contributed by atoms with Crippen molar-refractivity contribution in [2.75, 3.05) is 6.61 Å². The van der Waals surface area contributed by atoms with Gasteiger partial charge in [0, 0.05) is 16.7 Å². The number of rotatable bonds is 6. The van der Waals surface area contributed by atoms with Crippen molar-refractivity contribution in [1.82, 2.24) is 5.32 Å². The number of aliphatic carboxylic acids is 1. The molecule has 4 unspecified atom stereocenters. The maximum absolute atomic E-state index is 13.6.